The summed E-state index contributed by atoms with van der Waals surface area (Å²) in [7, 11) is 0. The Morgan fingerprint density at radius 1 is 0.839 bits per heavy atom. The number of nitrogens with two attached hydrogens (primary N) is 1. The Morgan fingerprint density at radius 3 is 2.03 bits per heavy atom. The van der Waals surface area contributed by atoms with Crippen LogP contribution in [0.2, 0.25) is 0 Å². The maximum absolute atomic E-state index is 11.7. The van der Waals surface area contributed by atoms with Crippen LogP contribution < -0.4 is 5.73 Å². The fourth-order valence-corrected chi connectivity index (χ4v) is 4.40. The van der Waals surface area contributed by atoms with Gasteiger partial charge in [0.25, 0.3) is 0 Å². The van der Waals surface area contributed by atoms with Crippen molar-refractivity contribution >= 4 is 5.91 Å². The summed E-state index contributed by atoms with van der Waals surface area (Å²) in [5, 5.41) is 2.14. The van der Waals surface area contributed by atoms with Crippen molar-refractivity contribution in [3.05, 3.63) is 107 Å². The van der Waals surface area contributed by atoms with E-state index in [0.29, 0.717) is 5.56 Å². The fraction of sp³-hybridized carbons (Fsp3) is 0.296. The third kappa shape index (κ3) is 5.04. The molecular weight excluding hydrogens is 384 g/mol. The Kier molecular flexibility index (Phi) is 6.80. The number of nitrogens with zero attached hydrogens (tertiary/aromatic N) is 1. The average molecular weight is 415 g/mol. The lowest BCUT2D eigenvalue weighted by Gasteiger charge is -2.40. The van der Waals surface area contributed by atoms with Gasteiger partial charge in [0.05, 0.1) is 0 Å². The van der Waals surface area contributed by atoms with Crippen LogP contribution in [0.25, 0.3) is 0 Å². The van der Waals surface area contributed by atoms with Crippen molar-refractivity contribution in [3.63, 3.8) is 0 Å². The number of rotatable bonds is 8. The first kappa shape index (κ1) is 21.3. The van der Waals surface area contributed by atoms with Crippen LogP contribution in [0.4, 0.5) is 0 Å². The number of piperidine rings is 1. The van der Waals surface area contributed by atoms with Crippen LogP contribution in [0, 0.1) is 0 Å². The third-order valence-corrected chi connectivity index (χ3v) is 6.06. The summed E-state index contributed by atoms with van der Waals surface area (Å²) < 4.78 is 0. The predicted molar refractivity (Wildman–Crippen MR) is 123 cm³/mol. The monoisotopic (exact) mass is 414 g/mol. The predicted octanol–water partition coefficient (Wildman–Crippen LogP) is 5.08. The van der Waals surface area contributed by atoms with Gasteiger partial charge in [0.15, 0.2) is 0 Å². The molecule has 1 aliphatic heterocycles. The van der Waals surface area contributed by atoms with Crippen LogP contribution in [0.5, 0.6) is 0 Å². The highest BCUT2D eigenvalue weighted by molar-refractivity contribution is 5.92. The summed E-state index contributed by atoms with van der Waals surface area (Å²) in [5.74, 6) is -0.399. The van der Waals surface area contributed by atoms with Crippen LogP contribution in [-0.4, -0.2) is 24.1 Å². The van der Waals surface area contributed by atoms with Gasteiger partial charge in [-0.15, -0.1) is 0 Å². The van der Waals surface area contributed by atoms with E-state index in [-0.39, 0.29) is 0 Å². The van der Waals surface area contributed by atoms with Gasteiger partial charge in [0.1, 0.15) is 5.60 Å². The second-order valence-electron chi connectivity index (χ2n) is 8.20. The van der Waals surface area contributed by atoms with Crippen LogP contribution in [0.1, 0.15) is 52.7 Å². The topological polar surface area (TPSA) is 55.6 Å². The molecule has 2 N–H and O–H groups in total. The third-order valence-electron chi connectivity index (χ3n) is 6.06. The average Bonchev–Trinajstić information content (AvgIpc) is 2.84. The Morgan fingerprint density at radius 2 is 1.45 bits per heavy atom. The Hall–Kier alpha value is -2.95. The van der Waals surface area contributed by atoms with Crippen molar-refractivity contribution in [2.75, 3.05) is 13.1 Å². The molecule has 0 atom stereocenters. The highest BCUT2D eigenvalue weighted by Crippen LogP contribution is 2.39. The molecule has 3 aromatic carbocycles. The zero-order valence-corrected chi connectivity index (χ0v) is 17.9. The molecule has 0 bridgehead atoms. The molecule has 0 unspecified atom stereocenters. The van der Waals surface area contributed by atoms with Crippen LogP contribution in [0.3, 0.4) is 0 Å². The van der Waals surface area contributed by atoms with Gasteiger partial charge in [-0.1, -0.05) is 79.2 Å². The lowest BCUT2D eigenvalue weighted by atomic mass is 9.81. The van der Waals surface area contributed by atoms with E-state index >= 15 is 0 Å². The maximum atomic E-state index is 11.7. The molecule has 3 aromatic rings. The molecule has 4 heteroatoms. The molecule has 160 valence electrons. The summed E-state index contributed by atoms with van der Waals surface area (Å²) >= 11 is 0. The SMILES string of the molecule is NC(=O)c1cccc(CCC(ON2CCCCC2)(c2ccccc2)c2ccccc2)c1. The van der Waals surface area contributed by atoms with Crippen LogP contribution >= 0.6 is 0 Å². The molecule has 1 heterocycles. The van der Waals surface area contributed by atoms with Gasteiger partial charge >= 0.3 is 0 Å². The lowest BCUT2D eigenvalue weighted by molar-refractivity contribution is -0.246. The molecule has 1 aliphatic rings. The quantitative estimate of drug-likeness (QED) is 0.559. The van der Waals surface area contributed by atoms with E-state index in [1.807, 2.05) is 30.3 Å². The zero-order valence-electron chi connectivity index (χ0n) is 17.9. The van der Waals surface area contributed by atoms with Crippen molar-refractivity contribution < 1.29 is 9.63 Å². The van der Waals surface area contributed by atoms with Crippen molar-refractivity contribution in [3.8, 4) is 0 Å². The molecule has 1 amide bonds. The standard InChI is InChI=1S/C27H30N2O2/c28-26(30)23-12-10-11-22(21-23)17-18-27(24-13-4-1-5-14-24,25-15-6-2-7-16-25)31-29-19-8-3-9-20-29/h1-2,4-7,10-16,21H,3,8-9,17-20H2,(H2,28,30). The number of hydrogen-bond donors (Lipinski definition) is 1. The molecule has 31 heavy (non-hydrogen) atoms. The number of hydroxylamine groups is 2. The summed E-state index contributed by atoms with van der Waals surface area (Å²) in [6.45, 7) is 1.89. The maximum Gasteiger partial charge on any atom is 0.248 e. The van der Waals surface area contributed by atoms with E-state index in [0.717, 1.165) is 55.5 Å². The normalized spacial score (nSPS) is 15.0. The summed E-state index contributed by atoms with van der Waals surface area (Å²) in [6, 6.07) is 28.6. The fourth-order valence-electron chi connectivity index (χ4n) is 4.40. The van der Waals surface area contributed by atoms with Gasteiger partial charge in [0.2, 0.25) is 5.91 Å². The van der Waals surface area contributed by atoms with Gasteiger partial charge in [0, 0.05) is 18.7 Å². The molecule has 0 aliphatic carbocycles. The second-order valence-corrected chi connectivity index (χ2v) is 8.20. The number of primary amides is 1. The Labute approximate surface area is 184 Å². The number of carbonyl (C=O) groups is 1. The molecule has 1 saturated heterocycles. The smallest absolute Gasteiger partial charge is 0.248 e. The van der Waals surface area contributed by atoms with Gasteiger partial charge in [-0.05, 0) is 54.5 Å². The molecule has 0 saturated carbocycles. The van der Waals surface area contributed by atoms with Crippen LogP contribution in [0.15, 0.2) is 84.9 Å². The van der Waals surface area contributed by atoms with Crippen molar-refractivity contribution in [1.29, 1.82) is 0 Å². The summed E-state index contributed by atoms with van der Waals surface area (Å²) in [6.07, 6.45) is 5.07. The van der Waals surface area contributed by atoms with E-state index in [9.17, 15) is 4.79 Å². The van der Waals surface area contributed by atoms with E-state index in [1.165, 1.54) is 6.42 Å². The van der Waals surface area contributed by atoms with Crippen molar-refractivity contribution in [1.82, 2.24) is 5.06 Å². The van der Waals surface area contributed by atoms with Crippen LogP contribution in [-0.2, 0) is 16.9 Å². The van der Waals surface area contributed by atoms with Gasteiger partial charge in [-0.25, -0.2) is 0 Å². The number of amides is 1. The molecular formula is C27H30N2O2. The van der Waals surface area contributed by atoms with E-state index in [2.05, 4.69) is 53.6 Å². The minimum absolute atomic E-state index is 0.399. The van der Waals surface area contributed by atoms with E-state index in [1.54, 1.807) is 6.07 Å². The first-order chi connectivity index (χ1) is 15.2. The Balaban J connectivity index is 1.73. The molecule has 4 nitrogen and oxygen atoms in total. The molecule has 0 aromatic heterocycles. The van der Waals surface area contributed by atoms with E-state index < -0.39 is 11.5 Å². The number of hydrogen-bond acceptors (Lipinski definition) is 3. The van der Waals surface area contributed by atoms with Gasteiger partial charge in [-0.2, -0.15) is 5.06 Å². The van der Waals surface area contributed by atoms with Crippen molar-refractivity contribution in [2.24, 2.45) is 5.73 Å². The molecule has 0 radical (unpaired) electrons. The minimum atomic E-state index is -0.609. The number of carbonyl (C=O) groups excluding carboxylic acids is 1. The van der Waals surface area contributed by atoms with Gasteiger partial charge < -0.3 is 5.73 Å². The largest absolute Gasteiger partial charge is 0.366 e. The second kappa shape index (κ2) is 9.90. The lowest BCUT2D eigenvalue weighted by Crippen LogP contribution is -2.42. The highest BCUT2D eigenvalue weighted by atomic mass is 16.7. The first-order valence-electron chi connectivity index (χ1n) is 11.1. The number of aryl methyl sites for hydroxylation is 1. The van der Waals surface area contributed by atoms with Crippen molar-refractivity contribution in [2.45, 2.75) is 37.7 Å². The molecule has 0 spiro atoms. The van der Waals surface area contributed by atoms with E-state index in [4.69, 9.17) is 10.6 Å². The molecule has 4 rings (SSSR count). The minimum Gasteiger partial charge on any atom is -0.366 e. The summed E-state index contributed by atoms with van der Waals surface area (Å²) in [5.41, 5.74) is 8.78. The highest BCUT2D eigenvalue weighted by Gasteiger charge is 2.38. The summed E-state index contributed by atoms with van der Waals surface area (Å²) in [4.78, 5) is 18.5. The van der Waals surface area contributed by atoms with Gasteiger partial charge in [-0.3, -0.25) is 9.63 Å². The zero-order chi connectivity index (χ0) is 21.5. The molecule has 1 fully saturated rings. The first-order valence-corrected chi connectivity index (χ1v) is 11.1. The number of benzene rings is 3. The Bertz CT molecular complexity index is 943.